The molecule has 1 atom stereocenters. The van der Waals surface area contributed by atoms with Crippen LogP contribution in [0.25, 0.3) is 16.7 Å². The van der Waals surface area contributed by atoms with Crippen molar-refractivity contribution in [3.8, 4) is 22.9 Å². The molecule has 47 heavy (non-hydrogen) atoms. The first-order valence-corrected chi connectivity index (χ1v) is 19.6. The van der Waals surface area contributed by atoms with Crippen LogP contribution in [0.1, 0.15) is 58.6 Å². The second-order valence-corrected chi connectivity index (χ2v) is 19.2. The maximum Gasteiger partial charge on any atom is 0.232 e. The van der Waals surface area contributed by atoms with Crippen molar-refractivity contribution >= 4 is 36.9 Å². The lowest BCUT2D eigenvalue weighted by atomic mass is 9.85. The highest BCUT2D eigenvalue weighted by molar-refractivity contribution is 6.74. The Labute approximate surface area is 278 Å². The first-order valence-electron chi connectivity index (χ1n) is 16.7. The van der Waals surface area contributed by atoms with Gasteiger partial charge in [-0.15, -0.1) is 0 Å². The van der Waals surface area contributed by atoms with E-state index in [1.54, 1.807) is 27.7 Å². The number of imidazole rings is 1. The monoisotopic (exact) mass is 662 g/mol. The summed E-state index contributed by atoms with van der Waals surface area (Å²) in [6.45, 7) is 16.1. The van der Waals surface area contributed by atoms with Crippen molar-refractivity contribution in [3.63, 3.8) is 0 Å². The van der Waals surface area contributed by atoms with E-state index < -0.39 is 8.32 Å². The maximum atomic E-state index is 6.75. The maximum absolute atomic E-state index is 6.75. The molecule has 0 spiro atoms. The van der Waals surface area contributed by atoms with Gasteiger partial charge in [0, 0.05) is 25.2 Å². The van der Waals surface area contributed by atoms with Crippen LogP contribution in [0.3, 0.4) is 0 Å². The number of nitrogens with one attached hydrogen (secondary N) is 1. The van der Waals surface area contributed by atoms with Crippen LogP contribution in [0, 0.1) is 12.8 Å². The topological polar surface area (TPSA) is 114 Å². The lowest BCUT2D eigenvalue weighted by molar-refractivity contribution is 0.263. The molecule has 4 heterocycles. The Hall–Kier alpha value is -3.84. The average Bonchev–Trinajstić information content (AvgIpc) is 3.75. The molecule has 2 aliphatic rings. The van der Waals surface area contributed by atoms with E-state index in [9.17, 15) is 0 Å². The van der Waals surface area contributed by atoms with E-state index >= 15 is 0 Å². The van der Waals surface area contributed by atoms with Gasteiger partial charge < -0.3 is 33.4 Å². The van der Waals surface area contributed by atoms with Crippen LogP contribution in [0.5, 0.6) is 17.2 Å². The van der Waals surface area contributed by atoms with Crippen LogP contribution < -0.4 is 24.4 Å². The summed E-state index contributed by atoms with van der Waals surface area (Å²) < 4.78 is 27.4. The number of hydrogen-bond donors (Lipinski definition) is 1. The van der Waals surface area contributed by atoms with Gasteiger partial charge >= 0.3 is 0 Å². The first kappa shape index (κ1) is 33.1. The average molecular weight is 663 g/mol. The first-order chi connectivity index (χ1) is 22.4. The number of benzene rings is 1. The van der Waals surface area contributed by atoms with E-state index in [-0.39, 0.29) is 11.1 Å². The third-order valence-corrected chi connectivity index (χ3v) is 14.8. The molecule has 1 saturated carbocycles. The van der Waals surface area contributed by atoms with Gasteiger partial charge in [0.2, 0.25) is 11.7 Å². The van der Waals surface area contributed by atoms with Crippen molar-refractivity contribution in [1.29, 1.82) is 0 Å². The third kappa shape index (κ3) is 6.51. The smallest absolute Gasteiger partial charge is 0.232 e. The largest absolute Gasteiger partial charge is 0.493 e. The van der Waals surface area contributed by atoms with Crippen LogP contribution in [-0.4, -0.2) is 78.1 Å². The number of ether oxygens (including phenoxy) is 3. The van der Waals surface area contributed by atoms with Gasteiger partial charge in [-0.25, -0.2) is 9.67 Å². The normalized spacial score (nSPS) is 17.3. The molecule has 0 radical (unpaired) electrons. The number of aromatic nitrogens is 6. The molecule has 1 aromatic carbocycles. The van der Waals surface area contributed by atoms with Crippen molar-refractivity contribution in [2.24, 2.45) is 5.92 Å². The minimum Gasteiger partial charge on any atom is -0.493 e. The SMILES string of the molecule is COc1cc(-n2cnc(Nc3nc(N4CCCC4CO[Si](C)(C)C(C)(C)C)c4c(C)nn(CC5CCC5)c4n3)c2)cc(OC)c1OC. The van der Waals surface area contributed by atoms with Gasteiger partial charge in [0.15, 0.2) is 31.3 Å². The van der Waals surface area contributed by atoms with E-state index in [1.807, 2.05) is 22.9 Å². The number of rotatable bonds is 12. The molecule has 1 saturated heterocycles. The second kappa shape index (κ2) is 13.0. The summed E-state index contributed by atoms with van der Waals surface area (Å²) in [6.07, 6.45) is 9.56. The molecule has 6 rings (SSSR count). The minimum atomic E-state index is -1.91. The fourth-order valence-electron chi connectivity index (χ4n) is 6.21. The molecule has 13 heteroatoms. The standard InChI is InChI=1S/C34H50N8O4Si/c1-22-29-31(41-15-11-14-24(41)20-46-47(8,9)34(2,3)4)37-33(38-32(29)42(39-22)18-23-12-10-13-23)36-28-19-40(21-35-28)25-16-26(43-5)30(45-7)27(17-25)44-6/h16-17,19,21,23-24H,10-15,18,20H2,1-9H3,(H,36,37,38). The lowest BCUT2D eigenvalue weighted by Crippen LogP contribution is -2.45. The molecule has 1 aliphatic heterocycles. The molecule has 3 aromatic heterocycles. The summed E-state index contributed by atoms with van der Waals surface area (Å²) in [7, 11) is 2.90. The molecule has 1 N–H and O–H groups in total. The molecule has 0 amide bonds. The fraction of sp³-hybridized carbons (Fsp3) is 0.588. The Kier molecular flexibility index (Phi) is 9.14. The van der Waals surface area contributed by atoms with Crippen LogP contribution in [-0.2, 0) is 11.0 Å². The molecular formula is C34H50N8O4Si. The van der Waals surface area contributed by atoms with Crippen molar-refractivity contribution in [2.45, 2.75) is 90.5 Å². The zero-order valence-corrected chi connectivity index (χ0v) is 30.4. The number of methoxy groups -OCH3 is 3. The van der Waals surface area contributed by atoms with E-state index in [1.165, 1.54) is 19.3 Å². The number of fused-ring (bicyclic) bond motifs is 1. The van der Waals surface area contributed by atoms with E-state index in [2.05, 4.69) is 60.7 Å². The van der Waals surface area contributed by atoms with Gasteiger partial charge in [0.25, 0.3) is 0 Å². The molecule has 12 nitrogen and oxygen atoms in total. The fourth-order valence-corrected chi connectivity index (χ4v) is 7.25. The van der Waals surface area contributed by atoms with Crippen molar-refractivity contribution < 1.29 is 18.6 Å². The molecule has 1 aliphatic carbocycles. The minimum absolute atomic E-state index is 0.153. The predicted octanol–water partition coefficient (Wildman–Crippen LogP) is 6.88. The Balaban J connectivity index is 1.35. The zero-order chi connectivity index (χ0) is 33.5. The highest BCUT2D eigenvalue weighted by Gasteiger charge is 2.39. The van der Waals surface area contributed by atoms with E-state index in [4.69, 9.17) is 33.7 Å². The molecular weight excluding hydrogens is 613 g/mol. The second-order valence-electron chi connectivity index (χ2n) is 14.4. The summed E-state index contributed by atoms with van der Waals surface area (Å²) in [5, 5.41) is 9.59. The molecule has 1 unspecified atom stereocenters. The summed E-state index contributed by atoms with van der Waals surface area (Å²) in [5.74, 6) is 4.33. The van der Waals surface area contributed by atoms with Crippen molar-refractivity contribution in [2.75, 3.05) is 44.7 Å². The number of aryl methyl sites for hydroxylation is 1. The number of nitrogens with zero attached hydrogens (tertiary/aromatic N) is 7. The van der Waals surface area contributed by atoms with Crippen molar-refractivity contribution in [3.05, 3.63) is 30.4 Å². The quantitative estimate of drug-likeness (QED) is 0.161. The highest BCUT2D eigenvalue weighted by Crippen LogP contribution is 2.41. The van der Waals surface area contributed by atoms with Gasteiger partial charge in [-0.3, -0.25) is 0 Å². The van der Waals surface area contributed by atoms with Crippen LogP contribution in [0.15, 0.2) is 24.7 Å². The summed E-state index contributed by atoms with van der Waals surface area (Å²) >= 11 is 0. The Morgan fingerprint density at radius 1 is 0.979 bits per heavy atom. The van der Waals surface area contributed by atoms with E-state index in [0.717, 1.165) is 54.2 Å². The van der Waals surface area contributed by atoms with E-state index in [0.29, 0.717) is 41.5 Å². The lowest BCUT2D eigenvalue weighted by Gasteiger charge is -2.38. The summed E-state index contributed by atoms with van der Waals surface area (Å²) in [5.41, 5.74) is 2.64. The third-order valence-electron chi connectivity index (χ3n) is 10.3. The Bertz CT molecular complexity index is 1700. The van der Waals surface area contributed by atoms with Gasteiger partial charge in [-0.05, 0) is 56.7 Å². The molecule has 254 valence electrons. The van der Waals surface area contributed by atoms with Crippen LogP contribution >= 0.6 is 0 Å². The van der Waals surface area contributed by atoms with Crippen molar-refractivity contribution in [1.82, 2.24) is 29.3 Å². The number of anilines is 3. The Morgan fingerprint density at radius 3 is 2.32 bits per heavy atom. The predicted molar refractivity (Wildman–Crippen MR) is 187 cm³/mol. The highest BCUT2D eigenvalue weighted by atomic mass is 28.4. The summed E-state index contributed by atoms with van der Waals surface area (Å²) in [6, 6.07) is 4.01. The zero-order valence-electron chi connectivity index (χ0n) is 29.4. The Morgan fingerprint density at radius 2 is 1.70 bits per heavy atom. The number of hydrogen-bond acceptors (Lipinski definition) is 10. The van der Waals surface area contributed by atoms with Gasteiger partial charge in [0.05, 0.1) is 56.9 Å². The van der Waals surface area contributed by atoms with Gasteiger partial charge in [0.1, 0.15) is 12.1 Å². The summed E-state index contributed by atoms with van der Waals surface area (Å²) in [4.78, 5) is 17.3. The van der Waals surface area contributed by atoms with Crippen LogP contribution in [0.4, 0.5) is 17.6 Å². The molecule has 2 fully saturated rings. The van der Waals surface area contributed by atoms with Gasteiger partial charge in [-0.2, -0.15) is 15.1 Å². The van der Waals surface area contributed by atoms with Gasteiger partial charge in [-0.1, -0.05) is 27.2 Å². The van der Waals surface area contributed by atoms with Crippen LogP contribution in [0.2, 0.25) is 18.1 Å². The molecule has 4 aromatic rings. The molecule has 0 bridgehead atoms.